The molecular weight excluding hydrogens is 508 g/mol. The van der Waals surface area contributed by atoms with E-state index in [4.69, 9.17) is 14.2 Å². The van der Waals surface area contributed by atoms with Crippen LogP contribution in [0, 0.1) is 20.8 Å². The van der Waals surface area contributed by atoms with Crippen molar-refractivity contribution in [3.05, 3.63) is 75.2 Å². The molecule has 9 nitrogen and oxygen atoms in total. The summed E-state index contributed by atoms with van der Waals surface area (Å²) in [7, 11) is 0. The lowest BCUT2D eigenvalue weighted by molar-refractivity contribution is -0.118. The molecule has 3 rings (SSSR count). The number of nitrogens with one attached hydrogen (secondary N) is 2. The van der Waals surface area contributed by atoms with Gasteiger partial charge in [0.2, 0.25) is 0 Å². The number of anilines is 2. The number of aryl methyl sites for hydroxylation is 2. The van der Waals surface area contributed by atoms with Crippen molar-refractivity contribution in [2.75, 3.05) is 30.5 Å². The molecule has 2 amide bonds. The maximum absolute atomic E-state index is 12.6. The Bertz CT molecular complexity index is 1350. The quantitative estimate of drug-likeness (QED) is 0.336. The van der Waals surface area contributed by atoms with Crippen molar-refractivity contribution in [1.29, 1.82) is 0 Å². The molecule has 0 saturated carbocycles. The van der Waals surface area contributed by atoms with Gasteiger partial charge in [-0.2, -0.15) is 0 Å². The summed E-state index contributed by atoms with van der Waals surface area (Å²) in [5.74, 6) is -1.66. The number of carbonyl (C=O) groups is 4. The third kappa shape index (κ3) is 6.98. The Balaban J connectivity index is 1.64. The van der Waals surface area contributed by atoms with Gasteiger partial charge in [-0.15, -0.1) is 11.3 Å². The zero-order valence-electron chi connectivity index (χ0n) is 21.9. The minimum absolute atomic E-state index is 0.104. The van der Waals surface area contributed by atoms with E-state index in [9.17, 15) is 19.2 Å². The van der Waals surface area contributed by atoms with Gasteiger partial charge in [0, 0.05) is 11.3 Å². The largest absolute Gasteiger partial charge is 0.484 e. The Morgan fingerprint density at radius 2 is 1.50 bits per heavy atom. The third-order valence-corrected chi connectivity index (χ3v) is 6.64. The molecule has 0 atom stereocenters. The highest BCUT2D eigenvalue weighted by atomic mass is 32.1. The smallest absolute Gasteiger partial charge is 0.348 e. The first-order valence-corrected chi connectivity index (χ1v) is 12.8. The molecular formula is C28H30N2O7S. The van der Waals surface area contributed by atoms with Gasteiger partial charge < -0.3 is 24.8 Å². The molecule has 0 aliphatic carbocycles. The summed E-state index contributed by atoms with van der Waals surface area (Å²) in [6.45, 7) is 8.80. The van der Waals surface area contributed by atoms with E-state index in [0.717, 1.165) is 28.2 Å². The molecule has 3 aromatic rings. The van der Waals surface area contributed by atoms with Crippen molar-refractivity contribution >= 4 is 45.8 Å². The Labute approximate surface area is 225 Å². The molecule has 38 heavy (non-hydrogen) atoms. The lowest BCUT2D eigenvalue weighted by Crippen LogP contribution is -2.21. The van der Waals surface area contributed by atoms with E-state index in [-0.39, 0.29) is 41.2 Å². The van der Waals surface area contributed by atoms with Crippen LogP contribution in [0.15, 0.2) is 42.5 Å². The number of hydrogen-bond acceptors (Lipinski definition) is 8. The monoisotopic (exact) mass is 538 g/mol. The summed E-state index contributed by atoms with van der Waals surface area (Å²) in [5.41, 5.74) is 3.71. The van der Waals surface area contributed by atoms with E-state index in [1.807, 2.05) is 32.0 Å². The number of rotatable bonds is 10. The van der Waals surface area contributed by atoms with Gasteiger partial charge >= 0.3 is 11.9 Å². The first-order valence-electron chi connectivity index (χ1n) is 12.0. The van der Waals surface area contributed by atoms with Gasteiger partial charge in [-0.1, -0.05) is 17.7 Å². The van der Waals surface area contributed by atoms with Crippen molar-refractivity contribution in [3.8, 4) is 5.75 Å². The number of esters is 2. The maximum atomic E-state index is 12.6. The predicted octanol–water partition coefficient (Wildman–Crippen LogP) is 5.30. The number of thiophene rings is 1. The van der Waals surface area contributed by atoms with Gasteiger partial charge in [-0.05, 0) is 76.1 Å². The molecule has 0 spiro atoms. The first-order chi connectivity index (χ1) is 18.1. The molecule has 1 heterocycles. The average molecular weight is 539 g/mol. The molecule has 1 aromatic heterocycles. The minimum atomic E-state index is -0.650. The van der Waals surface area contributed by atoms with Crippen LogP contribution in [-0.4, -0.2) is 43.6 Å². The highest BCUT2D eigenvalue weighted by molar-refractivity contribution is 7.18. The van der Waals surface area contributed by atoms with Gasteiger partial charge in [-0.3, -0.25) is 9.59 Å². The van der Waals surface area contributed by atoms with Crippen molar-refractivity contribution < 1.29 is 33.4 Å². The number of hydrogen-bond donors (Lipinski definition) is 2. The molecule has 200 valence electrons. The molecule has 0 radical (unpaired) electrons. The van der Waals surface area contributed by atoms with E-state index in [2.05, 4.69) is 10.6 Å². The lowest BCUT2D eigenvalue weighted by atomic mass is 10.1. The normalized spacial score (nSPS) is 10.4. The molecule has 2 N–H and O–H groups in total. The topological polar surface area (TPSA) is 120 Å². The Morgan fingerprint density at radius 1 is 0.842 bits per heavy atom. The van der Waals surface area contributed by atoms with Gasteiger partial charge in [0.05, 0.1) is 18.8 Å². The average Bonchev–Trinajstić information content (AvgIpc) is 3.20. The van der Waals surface area contributed by atoms with Gasteiger partial charge in [-0.25, -0.2) is 9.59 Å². The summed E-state index contributed by atoms with van der Waals surface area (Å²) in [4.78, 5) is 50.2. The summed E-state index contributed by atoms with van der Waals surface area (Å²) < 4.78 is 15.7. The van der Waals surface area contributed by atoms with E-state index in [0.29, 0.717) is 16.9 Å². The number of carbonyl (C=O) groups excluding carboxylic acids is 4. The van der Waals surface area contributed by atoms with Crippen LogP contribution in [0.2, 0.25) is 0 Å². The fourth-order valence-corrected chi connectivity index (χ4v) is 4.71. The Hall–Kier alpha value is -4.18. The van der Waals surface area contributed by atoms with Gasteiger partial charge in [0.15, 0.2) is 6.61 Å². The number of amides is 2. The zero-order chi connectivity index (χ0) is 27.8. The van der Waals surface area contributed by atoms with Crippen LogP contribution in [0.5, 0.6) is 5.75 Å². The molecule has 10 heteroatoms. The van der Waals surface area contributed by atoms with Crippen LogP contribution < -0.4 is 15.4 Å². The molecule has 0 bridgehead atoms. The molecule has 0 unspecified atom stereocenters. The first kappa shape index (κ1) is 28.4. The summed E-state index contributed by atoms with van der Waals surface area (Å²) >= 11 is 0.939. The van der Waals surface area contributed by atoms with Crippen molar-refractivity contribution in [3.63, 3.8) is 0 Å². The number of ether oxygens (including phenoxy) is 3. The molecule has 0 aliphatic rings. The minimum Gasteiger partial charge on any atom is -0.484 e. The summed E-state index contributed by atoms with van der Waals surface area (Å²) in [6.07, 6.45) is 0. The van der Waals surface area contributed by atoms with E-state index in [1.165, 1.54) is 0 Å². The second-order valence-electron chi connectivity index (χ2n) is 8.33. The Kier molecular flexibility index (Phi) is 9.61. The van der Waals surface area contributed by atoms with Crippen LogP contribution in [0.1, 0.15) is 60.9 Å². The summed E-state index contributed by atoms with van der Waals surface area (Å²) in [5, 5.41) is 5.69. The zero-order valence-corrected chi connectivity index (χ0v) is 22.7. The van der Waals surface area contributed by atoms with E-state index >= 15 is 0 Å². The molecule has 0 aliphatic heterocycles. The van der Waals surface area contributed by atoms with Crippen LogP contribution in [0.3, 0.4) is 0 Å². The van der Waals surface area contributed by atoms with Crippen molar-refractivity contribution in [2.24, 2.45) is 0 Å². The standard InChI is InChI=1S/C28H30N2O7S/c1-6-35-27(33)23-18(5)24(28(34)36-7-2)38-26(23)30-22(31)15-37-20-11-9-19(10-12-20)25(32)29-21-13-8-16(3)14-17(21)4/h8-14H,6-7,15H2,1-5H3,(H,29,32)(H,30,31). The van der Waals surface area contributed by atoms with Gasteiger partial charge in [0.1, 0.15) is 15.6 Å². The molecule has 0 fully saturated rings. The van der Waals surface area contributed by atoms with Crippen LogP contribution in [0.25, 0.3) is 0 Å². The van der Waals surface area contributed by atoms with Crippen LogP contribution >= 0.6 is 11.3 Å². The molecule has 2 aromatic carbocycles. The van der Waals surface area contributed by atoms with E-state index in [1.54, 1.807) is 45.0 Å². The van der Waals surface area contributed by atoms with E-state index < -0.39 is 17.8 Å². The SMILES string of the molecule is CCOC(=O)c1sc(NC(=O)COc2ccc(C(=O)Nc3ccc(C)cc3C)cc2)c(C(=O)OCC)c1C. The fourth-order valence-electron chi connectivity index (χ4n) is 3.60. The van der Waals surface area contributed by atoms with Crippen LogP contribution in [-0.2, 0) is 14.3 Å². The highest BCUT2D eigenvalue weighted by Crippen LogP contribution is 2.34. The fraction of sp³-hybridized carbons (Fsp3) is 0.286. The van der Waals surface area contributed by atoms with Crippen molar-refractivity contribution in [1.82, 2.24) is 0 Å². The Morgan fingerprint density at radius 3 is 2.13 bits per heavy atom. The molecule has 0 saturated heterocycles. The maximum Gasteiger partial charge on any atom is 0.348 e. The highest BCUT2D eigenvalue weighted by Gasteiger charge is 2.27. The second kappa shape index (κ2) is 12.9. The van der Waals surface area contributed by atoms with Crippen LogP contribution in [0.4, 0.5) is 10.7 Å². The third-order valence-electron chi connectivity index (χ3n) is 5.46. The lowest BCUT2D eigenvalue weighted by Gasteiger charge is -2.10. The number of benzene rings is 2. The van der Waals surface area contributed by atoms with Gasteiger partial charge in [0.25, 0.3) is 11.8 Å². The summed E-state index contributed by atoms with van der Waals surface area (Å²) in [6, 6.07) is 12.1. The second-order valence-corrected chi connectivity index (χ2v) is 9.36. The van der Waals surface area contributed by atoms with Crippen molar-refractivity contribution in [2.45, 2.75) is 34.6 Å². The predicted molar refractivity (Wildman–Crippen MR) is 145 cm³/mol.